The number of hydrogen-bond donors (Lipinski definition) is 1. The van der Waals surface area contributed by atoms with Gasteiger partial charge in [0.1, 0.15) is 0 Å². The lowest BCUT2D eigenvalue weighted by Crippen LogP contribution is -2.23. The van der Waals surface area contributed by atoms with Gasteiger partial charge in [0.15, 0.2) is 0 Å². The number of nitrogens with two attached hydrogens (primary N) is 1. The van der Waals surface area contributed by atoms with Gasteiger partial charge in [-0.2, -0.15) is 0 Å². The van der Waals surface area contributed by atoms with Gasteiger partial charge in [0.25, 0.3) is 0 Å². The normalized spacial score (nSPS) is 22.1. The summed E-state index contributed by atoms with van der Waals surface area (Å²) < 4.78 is 5.32. The van der Waals surface area contributed by atoms with Gasteiger partial charge in [-0.1, -0.05) is 0 Å². The lowest BCUT2D eigenvalue weighted by atomic mass is 10.3. The first-order valence-electron chi connectivity index (χ1n) is 5.24. The summed E-state index contributed by atoms with van der Waals surface area (Å²) in [4.78, 5) is 6.61. The van der Waals surface area contributed by atoms with Crippen molar-refractivity contribution in [3.8, 4) is 0 Å². The lowest BCUT2D eigenvalue weighted by Gasteiger charge is -2.15. The number of likely N-dealkylation sites (tertiary alicyclic amines) is 1. The summed E-state index contributed by atoms with van der Waals surface area (Å²) in [6.45, 7) is 2.87. The van der Waals surface area contributed by atoms with Gasteiger partial charge in [0.2, 0.25) is 0 Å². The van der Waals surface area contributed by atoms with Crippen molar-refractivity contribution in [3.05, 3.63) is 24.0 Å². The Labute approximate surface area is 90.0 Å². The van der Waals surface area contributed by atoms with Crippen molar-refractivity contribution in [1.29, 1.82) is 0 Å². The van der Waals surface area contributed by atoms with Gasteiger partial charge in [-0.05, 0) is 18.6 Å². The topological polar surface area (TPSA) is 51.4 Å². The number of ether oxygens (including phenoxy) is 1. The summed E-state index contributed by atoms with van der Waals surface area (Å²) in [6, 6.07) is 3.76. The van der Waals surface area contributed by atoms with Crippen molar-refractivity contribution in [2.75, 3.05) is 25.9 Å². The van der Waals surface area contributed by atoms with Crippen molar-refractivity contribution >= 4 is 5.69 Å². The van der Waals surface area contributed by atoms with Crippen LogP contribution in [0.3, 0.4) is 0 Å². The molecule has 1 aliphatic heterocycles. The Kier molecular flexibility index (Phi) is 3.18. The highest BCUT2D eigenvalue weighted by Gasteiger charge is 2.22. The molecule has 1 aliphatic rings. The Morgan fingerprint density at radius 3 is 3.20 bits per heavy atom. The molecule has 4 nitrogen and oxygen atoms in total. The summed E-state index contributed by atoms with van der Waals surface area (Å²) in [5.74, 6) is 0. The fourth-order valence-corrected chi connectivity index (χ4v) is 1.93. The number of methoxy groups -OCH3 is 1. The maximum absolute atomic E-state index is 5.85. The summed E-state index contributed by atoms with van der Waals surface area (Å²) in [7, 11) is 1.77. The number of anilines is 1. The monoisotopic (exact) mass is 207 g/mol. The van der Waals surface area contributed by atoms with Crippen LogP contribution in [-0.2, 0) is 11.3 Å². The van der Waals surface area contributed by atoms with Crippen LogP contribution in [0.25, 0.3) is 0 Å². The van der Waals surface area contributed by atoms with Crippen LogP contribution >= 0.6 is 0 Å². The molecule has 2 N–H and O–H groups in total. The highest BCUT2D eigenvalue weighted by molar-refractivity contribution is 5.41. The van der Waals surface area contributed by atoms with Crippen molar-refractivity contribution in [2.45, 2.75) is 19.1 Å². The van der Waals surface area contributed by atoms with E-state index in [1.165, 1.54) is 0 Å². The minimum absolute atomic E-state index is 0.370. The largest absolute Gasteiger partial charge is 0.397 e. The predicted molar refractivity (Wildman–Crippen MR) is 59.3 cm³/mol. The summed E-state index contributed by atoms with van der Waals surface area (Å²) in [5.41, 5.74) is 7.59. The molecule has 1 aromatic rings. The Bertz CT molecular complexity index is 329. The quantitative estimate of drug-likeness (QED) is 0.799. The third-order valence-electron chi connectivity index (χ3n) is 2.86. The van der Waals surface area contributed by atoms with Gasteiger partial charge in [-0.15, -0.1) is 0 Å². The molecule has 1 unspecified atom stereocenters. The van der Waals surface area contributed by atoms with Crippen molar-refractivity contribution in [2.24, 2.45) is 0 Å². The molecule has 0 aliphatic carbocycles. The smallest absolute Gasteiger partial charge is 0.0772 e. The van der Waals surface area contributed by atoms with Gasteiger partial charge in [-0.25, -0.2) is 0 Å². The number of hydrogen-bond acceptors (Lipinski definition) is 4. The molecule has 1 saturated heterocycles. The van der Waals surface area contributed by atoms with E-state index in [9.17, 15) is 0 Å². The average molecular weight is 207 g/mol. The fraction of sp³-hybridized carbons (Fsp3) is 0.545. The first-order chi connectivity index (χ1) is 7.29. The van der Waals surface area contributed by atoms with E-state index in [0.29, 0.717) is 6.10 Å². The van der Waals surface area contributed by atoms with E-state index in [-0.39, 0.29) is 0 Å². The maximum Gasteiger partial charge on any atom is 0.0772 e. The van der Waals surface area contributed by atoms with E-state index >= 15 is 0 Å². The van der Waals surface area contributed by atoms with Crippen LogP contribution in [0, 0.1) is 0 Å². The minimum atomic E-state index is 0.370. The zero-order valence-electron chi connectivity index (χ0n) is 9.02. The SMILES string of the molecule is COC1CCN(Cc2ncccc2N)C1. The van der Waals surface area contributed by atoms with E-state index < -0.39 is 0 Å². The second kappa shape index (κ2) is 4.59. The van der Waals surface area contributed by atoms with Crippen LogP contribution in [-0.4, -0.2) is 36.2 Å². The standard InChI is InChI=1S/C11H17N3O/c1-15-9-4-6-14(7-9)8-11-10(12)3-2-5-13-11/h2-3,5,9H,4,6-8,12H2,1H3. The zero-order valence-corrected chi connectivity index (χ0v) is 9.02. The molecule has 4 heteroatoms. The van der Waals surface area contributed by atoms with E-state index in [2.05, 4.69) is 9.88 Å². The Balaban J connectivity index is 1.96. The number of aromatic nitrogens is 1. The molecule has 15 heavy (non-hydrogen) atoms. The molecule has 2 heterocycles. The van der Waals surface area contributed by atoms with Gasteiger partial charge in [0.05, 0.1) is 17.5 Å². The molecule has 0 aromatic carbocycles. The summed E-state index contributed by atoms with van der Waals surface area (Å²) in [6.07, 6.45) is 3.26. The van der Waals surface area contributed by atoms with Crippen LogP contribution in [0.4, 0.5) is 5.69 Å². The Hall–Kier alpha value is -1.13. The Morgan fingerprint density at radius 1 is 1.67 bits per heavy atom. The summed E-state index contributed by atoms with van der Waals surface area (Å²) >= 11 is 0. The molecule has 82 valence electrons. The first-order valence-corrected chi connectivity index (χ1v) is 5.24. The Morgan fingerprint density at radius 2 is 2.53 bits per heavy atom. The molecule has 0 saturated carbocycles. The van der Waals surface area contributed by atoms with Gasteiger partial charge in [-0.3, -0.25) is 9.88 Å². The van der Waals surface area contributed by atoms with Crippen molar-refractivity contribution in [1.82, 2.24) is 9.88 Å². The molecular weight excluding hydrogens is 190 g/mol. The molecule has 0 spiro atoms. The third kappa shape index (κ3) is 2.46. The van der Waals surface area contributed by atoms with Gasteiger partial charge < -0.3 is 10.5 Å². The van der Waals surface area contributed by atoms with Crippen molar-refractivity contribution < 1.29 is 4.74 Å². The van der Waals surface area contributed by atoms with Gasteiger partial charge in [0, 0.05) is 32.9 Å². The van der Waals surface area contributed by atoms with Gasteiger partial charge >= 0.3 is 0 Å². The third-order valence-corrected chi connectivity index (χ3v) is 2.86. The number of pyridine rings is 1. The molecule has 1 fully saturated rings. The van der Waals surface area contributed by atoms with E-state index in [1.807, 2.05) is 12.1 Å². The molecule has 2 rings (SSSR count). The highest BCUT2D eigenvalue weighted by atomic mass is 16.5. The van der Waals surface area contributed by atoms with E-state index in [1.54, 1.807) is 13.3 Å². The van der Waals surface area contributed by atoms with Crippen LogP contribution in [0.2, 0.25) is 0 Å². The second-order valence-electron chi connectivity index (χ2n) is 3.92. The van der Waals surface area contributed by atoms with Crippen LogP contribution in [0.1, 0.15) is 12.1 Å². The molecule has 0 bridgehead atoms. The first kappa shape index (κ1) is 10.4. The molecule has 0 amide bonds. The number of rotatable bonds is 3. The van der Waals surface area contributed by atoms with Crippen molar-refractivity contribution in [3.63, 3.8) is 0 Å². The summed E-state index contributed by atoms with van der Waals surface area (Å²) in [5, 5.41) is 0. The van der Waals surface area contributed by atoms with E-state index in [4.69, 9.17) is 10.5 Å². The highest BCUT2D eigenvalue weighted by Crippen LogP contribution is 2.16. The molecule has 1 aromatic heterocycles. The lowest BCUT2D eigenvalue weighted by molar-refractivity contribution is 0.107. The molecule has 1 atom stereocenters. The van der Waals surface area contributed by atoms with Crippen LogP contribution < -0.4 is 5.73 Å². The zero-order chi connectivity index (χ0) is 10.7. The fourth-order valence-electron chi connectivity index (χ4n) is 1.93. The van der Waals surface area contributed by atoms with Crippen LogP contribution in [0.5, 0.6) is 0 Å². The predicted octanol–water partition coefficient (Wildman–Crippen LogP) is 0.884. The minimum Gasteiger partial charge on any atom is -0.397 e. The number of nitrogens with zero attached hydrogens (tertiary/aromatic N) is 2. The molecular formula is C11H17N3O. The number of nitrogen functional groups attached to an aromatic ring is 1. The average Bonchev–Trinajstić information content (AvgIpc) is 2.69. The second-order valence-corrected chi connectivity index (χ2v) is 3.92. The maximum atomic E-state index is 5.85. The van der Waals surface area contributed by atoms with Crippen LogP contribution in [0.15, 0.2) is 18.3 Å². The van der Waals surface area contributed by atoms with E-state index in [0.717, 1.165) is 37.4 Å². The molecule has 0 radical (unpaired) electrons.